The summed E-state index contributed by atoms with van der Waals surface area (Å²) >= 11 is 0. The molecule has 0 fully saturated rings. The van der Waals surface area contributed by atoms with Crippen molar-refractivity contribution in [3.05, 3.63) is 161 Å². The Labute approximate surface area is 257 Å². The Hall–Kier alpha value is -5.42. The van der Waals surface area contributed by atoms with E-state index in [-0.39, 0.29) is 5.78 Å². The van der Waals surface area contributed by atoms with Gasteiger partial charge in [-0.3, -0.25) is 4.79 Å². The first-order valence-corrected chi connectivity index (χ1v) is 14.7. The van der Waals surface area contributed by atoms with Crippen LogP contribution >= 0.6 is 0 Å². The zero-order chi connectivity index (χ0) is 30.3. The van der Waals surface area contributed by atoms with E-state index in [2.05, 4.69) is 53.9 Å². The topological polar surface area (TPSA) is 64.6 Å². The highest BCUT2D eigenvalue weighted by Crippen LogP contribution is 2.36. The van der Waals surface area contributed by atoms with E-state index in [4.69, 9.17) is 9.47 Å². The van der Waals surface area contributed by atoms with Gasteiger partial charge in [-0.25, -0.2) is 4.79 Å². The SMILES string of the molecule is COC(=O)[C@H](Cc1ccc(OCC=Cc2ccc3c(c2)Cc2ccccc2-3)cc1)Nc1ccccc1C(=O)c1ccccc1. The molecule has 5 aromatic carbocycles. The number of hydrogen-bond acceptors (Lipinski definition) is 5. The van der Waals surface area contributed by atoms with Crippen molar-refractivity contribution < 1.29 is 19.1 Å². The van der Waals surface area contributed by atoms with E-state index in [0.29, 0.717) is 29.8 Å². The van der Waals surface area contributed by atoms with E-state index < -0.39 is 12.0 Å². The summed E-state index contributed by atoms with van der Waals surface area (Å²) in [6.07, 6.45) is 5.46. The molecule has 0 saturated carbocycles. The average Bonchev–Trinajstić information content (AvgIpc) is 3.45. The van der Waals surface area contributed by atoms with Crippen molar-refractivity contribution in [1.82, 2.24) is 0 Å². The molecule has 6 rings (SSSR count). The predicted molar refractivity (Wildman–Crippen MR) is 175 cm³/mol. The van der Waals surface area contributed by atoms with E-state index in [9.17, 15) is 9.59 Å². The fourth-order valence-electron chi connectivity index (χ4n) is 5.63. The van der Waals surface area contributed by atoms with E-state index in [1.165, 1.54) is 29.4 Å². The number of methoxy groups -OCH3 is 1. The number of carbonyl (C=O) groups is 2. The normalized spacial score (nSPS) is 12.3. The first kappa shape index (κ1) is 28.7. The van der Waals surface area contributed by atoms with Crippen LogP contribution in [0.4, 0.5) is 5.69 Å². The van der Waals surface area contributed by atoms with Crippen molar-refractivity contribution in [3.8, 4) is 16.9 Å². The Morgan fingerprint density at radius 1 is 0.795 bits per heavy atom. The monoisotopic (exact) mass is 579 g/mol. The van der Waals surface area contributed by atoms with Crippen molar-refractivity contribution in [2.75, 3.05) is 19.0 Å². The molecule has 218 valence electrons. The van der Waals surface area contributed by atoms with Gasteiger partial charge in [0.15, 0.2) is 5.78 Å². The van der Waals surface area contributed by atoms with Crippen LogP contribution in [0.2, 0.25) is 0 Å². The summed E-state index contributed by atoms with van der Waals surface area (Å²) in [4.78, 5) is 25.9. The highest BCUT2D eigenvalue weighted by molar-refractivity contribution is 6.12. The molecule has 0 amide bonds. The minimum atomic E-state index is -0.681. The second-order valence-electron chi connectivity index (χ2n) is 10.8. The lowest BCUT2D eigenvalue weighted by Crippen LogP contribution is -2.33. The first-order valence-electron chi connectivity index (χ1n) is 14.7. The minimum Gasteiger partial charge on any atom is -0.490 e. The van der Waals surface area contributed by atoms with Gasteiger partial charge in [0.25, 0.3) is 0 Å². The number of esters is 1. The van der Waals surface area contributed by atoms with Crippen molar-refractivity contribution in [2.24, 2.45) is 0 Å². The summed E-state index contributed by atoms with van der Waals surface area (Å²) in [5.41, 5.74) is 9.14. The van der Waals surface area contributed by atoms with Crippen molar-refractivity contribution in [1.29, 1.82) is 0 Å². The zero-order valence-corrected chi connectivity index (χ0v) is 24.5. The molecule has 5 heteroatoms. The fourth-order valence-corrected chi connectivity index (χ4v) is 5.63. The molecule has 0 aliphatic heterocycles. The molecule has 0 unspecified atom stereocenters. The van der Waals surface area contributed by atoms with Crippen LogP contribution in [-0.4, -0.2) is 31.5 Å². The van der Waals surface area contributed by atoms with E-state index in [1.54, 1.807) is 24.3 Å². The molecule has 1 aliphatic carbocycles. The Bertz CT molecular complexity index is 1810. The molecular weight excluding hydrogens is 546 g/mol. The van der Waals surface area contributed by atoms with Gasteiger partial charge in [-0.2, -0.15) is 0 Å². The number of hydrogen-bond donors (Lipinski definition) is 1. The molecule has 0 bridgehead atoms. The third-order valence-corrected chi connectivity index (χ3v) is 7.86. The fraction of sp³-hybridized carbons (Fsp3) is 0.128. The molecule has 1 aliphatic rings. The second kappa shape index (κ2) is 13.3. The maximum Gasteiger partial charge on any atom is 0.328 e. The molecule has 0 radical (unpaired) electrons. The largest absolute Gasteiger partial charge is 0.490 e. The third-order valence-electron chi connectivity index (χ3n) is 7.86. The van der Waals surface area contributed by atoms with Crippen LogP contribution < -0.4 is 10.1 Å². The van der Waals surface area contributed by atoms with Crippen molar-refractivity contribution >= 4 is 23.5 Å². The van der Waals surface area contributed by atoms with Crippen LogP contribution in [0.1, 0.15) is 38.2 Å². The summed E-state index contributed by atoms with van der Waals surface area (Å²) < 4.78 is 11.0. The highest BCUT2D eigenvalue weighted by Gasteiger charge is 2.23. The Morgan fingerprint density at radius 3 is 2.34 bits per heavy atom. The minimum absolute atomic E-state index is 0.116. The van der Waals surface area contributed by atoms with Gasteiger partial charge < -0.3 is 14.8 Å². The standard InChI is InChI=1S/C39H33NO4/c1-43-39(42)37(40-36-16-8-7-15-35(36)38(41)29-11-3-2-4-12-29)25-28-17-20-32(21-18-28)44-23-9-10-27-19-22-34-31(24-27)26-30-13-5-6-14-33(30)34/h2-22,24,37,40H,23,25-26H2,1H3/t37-/m0/s1. The maximum absolute atomic E-state index is 13.2. The Kier molecular flexibility index (Phi) is 8.65. The number of carbonyl (C=O) groups excluding carboxylic acids is 2. The van der Waals surface area contributed by atoms with Crippen LogP contribution in [0.15, 0.2) is 127 Å². The average molecular weight is 580 g/mol. The molecule has 1 N–H and O–H groups in total. The summed E-state index contributed by atoms with van der Waals surface area (Å²) in [5.74, 6) is 0.214. The number of para-hydroxylation sites is 1. The number of fused-ring (bicyclic) bond motifs is 3. The number of ketones is 1. The number of rotatable bonds is 11. The van der Waals surface area contributed by atoms with Gasteiger partial charge in [0, 0.05) is 23.2 Å². The van der Waals surface area contributed by atoms with Gasteiger partial charge in [-0.05, 0) is 70.1 Å². The van der Waals surface area contributed by atoms with Gasteiger partial charge >= 0.3 is 5.97 Å². The molecule has 0 saturated heterocycles. The van der Waals surface area contributed by atoms with Gasteiger partial charge in [-0.1, -0.05) is 103 Å². The predicted octanol–water partition coefficient (Wildman–Crippen LogP) is 7.78. The lowest BCUT2D eigenvalue weighted by Gasteiger charge is -2.20. The smallest absolute Gasteiger partial charge is 0.328 e. The summed E-state index contributed by atoms with van der Waals surface area (Å²) in [7, 11) is 1.37. The zero-order valence-electron chi connectivity index (χ0n) is 24.5. The molecule has 5 nitrogen and oxygen atoms in total. The number of benzene rings is 5. The summed E-state index contributed by atoms with van der Waals surface area (Å²) in [6.45, 7) is 0.440. The first-order chi connectivity index (χ1) is 21.6. The van der Waals surface area contributed by atoms with Gasteiger partial charge in [-0.15, -0.1) is 0 Å². The van der Waals surface area contributed by atoms with Crippen LogP contribution in [-0.2, 0) is 22.4 Å². The van der Waals surface area contributed by atoms with Crippen molar-refractivity contribution in [3.63, 3.8) is 0 Å². The lowest BCUT2D eigenvalue weighted by atomic mass is 10.00. The Balaban J connectivity index is 1.07. The van der Waals surface area contributed by atoms with Crippen molar-refractivity contribution in [2.45, 2.75) is 18.9 Å². The third kappa shape index (κ3) is 6.47. The number of ether oxygens (including phenoxy) is 2. The van der Waals surface area contributed by atoms with E-state index >= 15 is 0 Å². The molecule has 5 aromatic rings. The molecule has 0 aromatic heterocycles. The summed E-state index contributed by atoms with van der Waals surface area (Å²) in [5, 5.41) is 3.25. The lowest BCUT2D eigenvalue weighted by molar-refractivity contribution is -0.141. The van der Waals surface area contributed by atoms with Crippen LogP contribution in [0.25, 0.3) is 17.2 Å². The number of anilines is 1. The quantitative estimate of drug-likeness (QED) is 0.125. The molecule has 0 heterocycles. The van der Waals surface area contributed by atoms with Gasteiger partial charge in [0.2, 0.25) is 0 Å². The van der Waals surface area contributed by atoms with Gasteiger partial charge in [0.1, 0.15) is 18.4 Å². The maximum atomic E-state index is 13.2. The molecule has 1 atom stereocenters. The molecular formula is C39H33NO4. The second-order valence-corrected chi connectivity index (χ2v) is 10.8. The van der Waals surface area contributed by atoms with E-state index in [0.717, 1.165) is 23.3 Å². The number of nitrogens with one attached hydrogen (secondary N) is 1. The van der Waals surface area contributed by atoms with Crippen LogP contribution in [0.3, 0.4) is 0 Å². The highest BCUT2D eigenvalue weighted by atomic mass is 16.5. The summed E-state index contributed by atoms with van der Waals surface area (Å²) in [6, 6.07) is 38.5. The van der Waals surface area contributed by atoms with E-state index in [1.807, 2.05) is 60.7 Å². The van der Waals surface area contributed by atoms with Crippen LogP contribution in [0, 0.1) is 0 Å². The Morgan fingerprint density at radius 2 is 1.52 bits per heavy atom. The molecule has 0 spiro atoms. The van der Waals surface area contributed by atoms with Gasteiger partial charge in [0.05, 0.1) is 7.11 Å². The van der Waals surface area contributed by atoms with Crippen LogP contribution in [0.5, 0.6) is 5.75 Å². The molecule has 44 heavy (non-hydrogen) atoms.